The van der Waals surface area contributed by atoms with Gasteiger partial charge in [0.1, 0.15) is 5.75 Å². The van der Waals surface area contributed by atoms with Gasteiger partial charge in [0.05, 0.1) is 0 Å². The minimum Gasteiger partial charge on any atom is -0.482 e. The van der Waals surface area contributed by atoms with Crippen LogP contribution in [0.2, 0.25) is 0 Å². The summed E-state index contributed by atoms with van der Waals surface area (Å²) >= 11 is 0. The zero-order chi connectivity index (χ0) is 13.4. The van der Waals surface area contributed by atoms with Crippen LogP contribution in [-0.4, -0.2) is 30.3 Å². The topological polar surface area (TPSA) is 87.7 Å². The second-order valence-corrected chi connectivity index (χ2v) is 3.59. The first-order chi connectivity index (χ1) is 8.61. The molecule has 0 spiro atoms. The molecule has 0 fully saturated rings. The third-order valence-corrected chi connectivity index (χ3v) is 1.99. The number of rotatable bonds is 6. The summed E-state index contributed by atoms with van der Waals surface area (Å²) in [6.45, 7) is 2.15. The Hall–Kier alpha value is -2.24. The lowest BCUT2D eigenvalue weighted by atomic mass is 10.3. The molecular formula is C12H16N2O4. The number of aliphatic carboxylic acids is 1. The Kier molecular flexibility index (Phi) is 5.50. The normalized spacial score (nSPS) is 9.61. The van der Waals surface area contributed by atoms with Gasteiger partial charge in [-0.15, -0.1) is 0 Å². The summed E-state index contributed by atoms with van der Waals surface area (Å²) in [5.74, 6) is -0.653. The zero-order valence-electron chi connectivity index (χ0n) is 10.1. The number of amides is 2. The summed E-state index contributed by atoms with van der Waals surface area (Å²) in [6, 6.07) is 6.26. The van der Waals surface area contributed by atoms with Crippen LogP contribution in [0, 0.1) is 0 Å². The molecule has 0 heterocycles. The summed E-state index contributed by atoms with van der Waals surface area (Å²) in [6.07, 6.45) is 0.856. The summed E-state index contributed by atoms with van der Waals surface area (Å²) < 4.78 is 5.00. The number of hydrogen-bond donors (Lipinski definition) is 3. The number of carbonyl (C=O) groups excluding carboxylic acids is 1. The molecule has 98 valence electrons. The highest BCUT2D eigenvalue weighted by atomic mass is 16.5. The second kappa shape index (κ2) is 7.16. The van der Waals surface area contributed by atoms with Gasteiger partial charge in [0.25, 0.3) is 0 Å². The van der Waals surface area contributed by atoms with Gasteiger partial charge in [0.15, 0.2) is 6.61 Å². The van der Waals surface area contributed by atoms with Gasteiger partial charge in [-0.25, -0.2) is 9.59 Å². The Bertz CT molecular complexity index is 420. The van der Waals surface area contributed by atoms with Crippen molar-refractivity contribution in [2.75, 3.05) is 18.5 Å². The first-order valence-electron chi connectivity index (χ1n) is 5.61. The van der Waals surface area contributed by atoms with E-state index >= 15 is 0 Å². The van der Waals surface area contributed by atoms with Crippen LogP contribution in [-0.2, 0) is 4.79 Å². The molecule has 18 heavy (non-hydrogen) atoms. The van der Waals surface area contributed by atoms with Gasteiger partial charge in [-0.05, 0) is 18.6 Å². The van der Waals surface area contributed by atoms with Crippen LogP contribution in [0.15, 0.2) is 24.3 Å². The Morgan fingerprint density at radius 3 is 2.83 bits per heavy atom. The molecule has 6 heteroatoms. The molecule has 2 amide bonds. The predicted molar refractivity (Wildman–Crippen MR) is 66.9 cm³/mol. The highest BCUT2D eigenvalue weighted by Gasteiger charge is 2.03. The van der Waals surface area contributed by atoms with Crippen LogP contribution in [0.25, 0.3) is 0 Å². The average Bonchev–Trinajstić information content (AvgIpc) is 2.34. The molecule has 0 saturated carbocycles. The maximum Gasteiger partial charge on any atom is 0.341 e. The van der Waals surface area contributed by atoms with Gasteiger partial charge in [-0.1, -0.05) is 13.0 Å². The van der Waals surface area contributed by atoms with E-state index in [-0.39, 0.29) is 6.03 Å². The SMILES string of the molecule is CCCNC(=O)Nc1cccc(OCC(=O)O)c1. The smallest absolute Gasteiger partial charge is 0.341 e. The molecular weight excluding hydrogens is 236 g/mol. The highest BCUT2D eigenvalue weighted by Crippen LogP contribution is 2.17. The summed E-state index contributed by atoms with van der Waals surface area (Å²) in [5.41, 5.74) is 0.548. The Balaban J connectivity index is 2.53. The fourth-order valence-electron chi connectivity index (χ4n) is 1.22. The third-order valence-electron chi connectivity index (χ3n) is 1.99. The lowest BCUT2D eigenvalue weighted by Crippen LogP contribution is -2.29. The zero-order valence-corrected chi connectivity index (χ0v) is 10.1. The van der Waals surface area contributed by atoms with Crippen LogP contribution in [0.3, 0.4) is 0 Å². The van der Waals surface area contributed by atoms with Crippen molar-refractivity contribution < 1.29 is 19.4 Å². The summed E-state index contributed by atoms with van der Waals surface area (Å²) in [7, 11) is 0. The van der Waals surface area contributed by atoms with Crippen molar-refractivity contribution in [2.24, 2.45) is 0 Å². The molecule has 1 rings (SSSR count). The van der Waals surface area contributed by atoms with Gasteiger partial charge in [-0.3, -0.25) is 0 Å². The van der Waals surface area contributed by atoms with E-state index in [1.165, 1.54) is 0 Å². The number of ether oxygens (including phenoxy) is 1. The van der Waals surface area contributed by atoms with Crippen molar-refractivity contribution in [1.82, 2.24) is 5.32 Å². The lowest BCUT2D eigenvalue weighted by molar-refractivity contribution is -0.139. The van der Waals surface area contributed by atoms with Gasteiger partial charge in [0.2, 0.25) is 0 Å². The monoisotopic (exact) mass is 252 g/mol. The van der Waals surface area contributed by atoms with Crippen LogP contribution < -0.4 is 15.4 Å². The number of carboxylic acids is 1. The minimum absolute atomic E-state index is 0.299. The molecule has 0 bridgehead atoms. The van der Waals surface area contributed by atoms with Gasteiger partial charge in [-0.2, -0.15) is 0 Å². The van der Waals surface area contributed by atoms with Crippen molar-refractivity contribution in [3.05, 3.63) is 24.3 Å². The van der Waals surface area contributed by atoms with E-state index in [4.69, 9.17) is 9.84 Å². The number of nitrogens with one attached hydrogen (secondary N) is 2. The predicted octanol–water partition coefficient (Wildman–Crippen LogP) is 1.68. The van der Waals surface area contributed by atoms with E-state index < -0.39 is 12.6 Å². The molecule has 0 radical (unpaired) electrons. The van der Waals surface area contributed by atoms with Crippen LogP contribution in [0.1, 0.15) is 13.3 Å². The molecule has 1 aromatic carbocycles. The number of carboxylic acid groups (broad SMARTS) is 1. The third kappa shape index (κ3) is 5.20. The number of benzene rings is 1. The quantitative estimate of drug-likeness (QED) is 0.718. The number of urea groups is 1. The van der Waals surface area contributed by atoms with Crippen molar-refractivity contribution in [3.63, 3.8) is 0 Å². The summed E-state index contributed by atoms with van der Waals surface area (Å²) in [5, 5.41) is 13.8. The number of hydrogen-bond acceptors (Lipinski definition) is 3. The van der Waals surface area contributed by atoms with Gasteiger partial charge in [0, 0.05) is 18.3 Å². The fraction of sp³-hybridized carbons (Fsp3) is 0.333. The van der Waals surface area contributed by atoms with E-state index in [0.29, 0.717) is 18.0 Å². The first kappa shape index (κ1) is 13.8. The van der Waals surface area contributed by atoms with E-state index in [9.17, 15) is 9.59 Å². The first-order valence-corrected chi connectivity index (χ1v) is 5.61. The Morgan fingerprint density at radius 1 is 1.39 bits per heavy atom. The van der Waals surface area contributed by atoms with E-state index in [1.54, 1.807) is 24.3 Å². The number of anilines is 1. The van der Waals surface area contributed by atoms with E-state index in [0.717, 1.165) is 6.42 Å². The molecule has 0 aliphatic carbocycles. The maximum atomic E-state index is 11.4. The molecule has 3 N–H and O–H groups in total. The lowest BCUT2D eigenvalue weighted by Gasteiger charge is -2.08. The second-order valence-electron chi connectivity index (χ2n) is 3.59. The molecule has 1 aromatic rings. The van der Waals surface area contributed by atoms with Crippen LogP contribution in [0.4, 0.5) is 10.5 Å². The minimum atomic E-state index is -1.05. The fourth-order valence-corrected chi connectivity index (χ4v) is 1.22. The van der Waals surface area contributed by atoms with Gasteiger partial charge >= 0.3 is 12.0 Å². The molecule has 0 aliphatic heterocycles. The average molecular weight is 252 g/mol. The Morgan fingerprint density at radius 2 is 2.17 bits per heavy atom. The van der Waals surface area contributed by atoms with Crippen molar-refractivity contribution >= 4 is 17.7 Å². The van der Waals surface area contributed by atoms with E-state index in [2.05, 4.69) is 10.6 Å². The molecule has 6 nitrogen and oxygen atoms in total. The molecule has 0 atom stereocenters. The standard InChI is InChI=1S/C12H16N2O4/c1-2-6-13-12(17)14-9-4-3-5-10(7-9)18-8-11(15)16/h3-5,7H,2,6,8H2,1H3,(H,15,16)(H2,13,14,17). The molecule has 0 saturated heterocycles. The van der Waals surface area contributed by atoms with Crippen molar-refractivity contribution in [3.8, 4) is 5.75 Å². The number of carbonyl (C=O) groups is 2. The largest absolute Gasteiger partial charge is 0.482 e. The summed E-state index contributed by atoms with van der Waals surface area (Å²) in [4.78, 5) is 21.7. The molecule has 0 aromatic heterocycles. The maximum absolute atomic E-state index is 11.4. The van der Waals surface area contributed by atoms with E-state index in [1.807, 2.05) is 6.92 Å². The molecule has 0 aliphatic rings. The van der Waals surface area contributed by atoms with Gasteiger partial charge < -0.3 is 20.5 Å². The molecule has 0 unspecified atom stereocenters. The van der Waals surface area contributed by atoms with Crippen molar-refractivity contribution in [1.29, 1.82) is 0 Å². The highest BCUT2D eigenvalue weighted by molar-refractivity contribution is 5.89. The van der Waals surface area contributed by atoms with Crippen molar-refractivity contribution in [2.45, 2.75) is 13.3 Å². The Labute approximate surface area is 105 Å². The van der Waals surface area contributed by atoms with Crippen LogP contribution in [0.5, 0.6) is 5.75 Å². The van der Waals surface area contributed by atoms with Crippen LogP contribution >= 0.6 is 0 Å².